The van der Waals surface area contributed by atoms with Crippen LogP contribution < -0.4 is 10.2 Å². The molecule has 0 radical (unpaired) electrons. The van der Waals surface area contributed by atoms with Crippen molar-refractivity contribution in [1.29, 1.82) is 0 Å². The molecular weight excluding hydrogens is 768 g/mol. The molecule has 60 heavy (non-hydrogen) atoms. The van der Waals surface area contributed by atoms with E-state index in [0.717, 1.165) is 38.5 Å². The average Bonchev–Trinajstić information content (AvgIpc) is 3.20. The first kappa shape index (κ1) is 59.2. The summed E-state index contributed by atoms with van der Waals surface area (Å²) in [7, 11) is 1.28. The fourth-order valence-corrected chi connectivity index (χ4v) is 8.58. The molecule has 0 saturated carbocycles. The zero-order chi connectivity index (χ0) is 44.3. The maximum Gasteiger partial charge on any atom is 0.268 e. The van der Waals surface area contributed by atoms with Gasteiger partial charge in [-0.25, -0.2) is 0 Å². The average molecular weight is 871 g/mol. The van der Waals surface area contributed by atoms with Crippen molar-refractivity contribution in [1.82, 2.24) is 5.32 Å². The molecular formula is C51H103N2O6P. The lowest BCUT2D eigenvalue weighted by Gasteiger charge is -2.29. The summed E-state index contributed by atoms with van der Waals surface area (Å²) < 4.78 is 23.3. The van der Waals surface area contributed by atoms with Crippen LogP contribution in [-0.2, 0) is 18.4 Å². The molecule has 0 aromatic heterocycles. The van der Waals surface area contributed by atoms with Crippen LogP contribution in [0.2, 0.25) is 0 Å². The Morgan fingerprint density at radius 3 is 1.25 bits per heavy atom. The van der Waals surface area contributed by atoms with E-state index in [9.17, 15) is 19.4 Å². The first-order valence-electron chi connectivity index (χ1n) is 26.1. The highest BCUT2D eigenvalue weighted by Crippen LogP contribution is 2.38. The third-order valence-electron chi connectivity index (χ3n) is 12.0. The molecule has 0 spiro atoms. The van der Waals surface area contributed by atoms with Gasteiger partial charge >= 0.3 is 0 Å². The topological polar surface area (TPSA) is 108 Å². The maximum absolute atomic E-state index is 12.9. The first-order valence-corrected chi connectivity index (χ1v) is 27.5. The number of aliphatic hydroxyl groups excluding tert-OH is 1. The Bertz CT molecular complexity index is 989. The SMILES string of the molecule is CCCCCCCCCCCCCCCCCCCCCC/C=C/C(O)C(COP(=O)([O-])OCC[N+](C)(C)C)NC(=O)CCCCCCCCCCCCCCCCCC. The molecule has 0 heterocycles. The Hall–Kier alpha value is -0.760. The normalized spacial score (nSPS) is 14.2. The third-order valence-corrected chi connectivity index (χ3v) is 13.0. The molecule has 0 aromatic rings. The van der Waals surface area contributed by atoms with Crippen LogP contribution in [0.25, 0.3) is 0 Å². The summed E-state index contributed by atoms with van der Waals surface area (Å²) in [5.74, 6) is -0.192. The number of phosphoric acid groups is 1. The number of aliphatic hydroxyl groups is 1. The van der Waals surface area contributed by atoms with E-state index in [1.54, 1.807) is 6.08 Å². The Labute approximate surface area is 373 Å². The standard InChI is InChI=1S/C51H103N2O6P/c1-6-8-10-12-14-16-18-20-22-24-25-26-27-28-29-30-32-34-36-38-40-42-44-50(54)49(48-59-60(56,57)58-47-46-53(3,4)5)52-51(55)45-43-41-39-37-35-33-31-23-21-19-17-15-13-11-9-7-2/h42,44,49-50,54H,6-41,43,45-48H2,1-5H3,(H-,52,55,56,57)/b44-42+. The number of likely N-dealkylation sites (N-methyl/N-ethyl adjacent to an activating group) is 1. The van der Waals surface area contributed by atoms with Crippen LogP contribution in [0.1, 0.15) is 258 Å². The van der Waals surface area contributed by atoms with Gasteiger partial charge in [0.2, 0.25) is 5.91 Å². The van der Waals surface area contributed by atoms with E-state index >= 15 is 0 Å². The van der Waals surface area contributed by atoms with Gasteiger partial charge in [-0.3, -0.25) is 9.36 Å². The van der Waals surface area contributed by atoms with Gasteiger partial charge in [-0.15, -0.1) is 0 Å². The van der Waals surface area contributed by atoms with Crippen molar-refractivity contribution in [3.8, 4) is 0 Å². The maximum atomic E-state index is 12.9. The number of unbranched alkanes of at least 4 members (excludes halogenated alkanes) is 35. The highest BCUT2D eigenvalue weighted by molar-refractivity contribution is 7.45. The summed E-state index contributed by atoms with van der Waals surface area (Å²) in [6.07, 6.45) is 51.2. The molecule has 0 bridgehead atoms. The number of allylic oxidation sites excluding steroid dienone is 1. The van der Waals surface area contributed by atoms with Crippen LogP contribution in [0, 0.1) is 0 Å². The molecule has 0 aliphatic heterocycles. The molecule has 0 aromatic carbocycles. The molecule has 1 amide bonds. The monoisotopic (exact) mass is 871 g/mol. The number of carbonyl (C=O) groups excluding carboxylic acids is 1. The summed E-state index contributed by atoms with van der Waals surface area (Å²) in [6, 6.07) is -0.881. The van der Waals surface area contributed by atoms with Crippen molar-refractivity contribution in [2.24, 2.45) is 0 Å². The molecule has 2 N–H and O–H groups in total. The van der Waals surface area contributed by atoms with Crippen molar-refractivity contribution in [3.63, 3.8) is 0 Å². The molecule has 0 fully saturated rings. The molecule has 358 valence electrons. The third kappa shape index (κ3) is 45.3. The molecule has 8 nitrogen and oxygen atoms in total. The van der Waals surface area contributed by atoms with Gasteiger partial charge < -0.3 is 28.8 Å². The minimum absolute atomic E-state index is 0.00247. The Balaban J connectivity index is 4.26. The van der Waals surface area contributed by atoms with E-state index in [4.69, 9.17) is 9.05 Å². The van der Waals surface area contributed by atoms with Gasteiger partial charge in [0.05, 0.1) is 39.9 Å². The van der Waals surface area contributed by atoms with Gasteiger partial charge in [-0.1, -0.05) is 244 Å². The van der Waals surface area contributed by atoms with E-state index < -0.39 is 20.0 Å². The minimum atomic E-state index is -4.59. The zero-order valence-electron chi connectivity index (χ0n) is 40.7. The van der Waals surface area contributed by atoms with E-state index in [1.807, 2.05) is 27.2 Å². The van der Waals surface area contributed by atoms with Crippen LogP contribution in [0.4, 0.5) is 0 Å². The second-order valence-electron chi connectivity index (χ2n) is 19.2. The molecule has 3 atom stereocenters. The van der Waals surface area contributed by atoms with Crippen LogP contribution >= 0.6 is 7.82 Å². The molecule has 0 saturated heterocycles. The number of quaternary nitrogens is 1. The van der Waals surface area contributed by atoms with E-state index in [-0.39, 0.29) is 19.1 Å². The van der Waals surface area contributed by atoms with Gasteiger partial charge in [0.15, 0.2) is 0 Å². The van der Waals surface area contributed by atoms with Crippen LogP contribution in [0.5, 0.6) is 0 Å². The first-order chi connectivity index (χ1) is 29.0. The number of hydrogen-bond donors (Lipinski definition) is 2. The van der Waals surface area contributed by atoms with Gasteiger partial charge in [0, 0.05) is 6.42 Å². The highest BCUT2D eigenvalue weighted by Gasteiger charge is 2.23. The van der Waals surface area contributed by atoms with Crippen molar-refractivity contribution in [3.05, 3.63) is 12.2 Å². The van der Waals surface area contributed by atoms with Crippen molar-refractivity contribution in [2.75, 3.05) is 40.9 Å². The number of rotatable bonds is 48. The van der Waals surface area contributed by atoms with Gasteiger partial charge in [0.1, 0.15) is 13.2 Å². The largest absolute Gasteiger partial charge is 0.756 e. The Morgan fingerprint density at radius 1 is 0.567 bits per heavy atom. The number of amides is 1. The van der Waals surface area contributed by atoms with Crippen molar-refractivity contribution >= 4 is 13.7 Å². The number of nitrogens with zero attached hydrogens (tertiary/aromatic N) is 1. The van der Waals surface area contributed by atoms with Crippen LogP contribution in [-0.4, -0.2) is 68.5 Å². The zero-order valence-corrected chi connectivity index (χ0v) is 41.6. The highest BCUT2D eigenvalue weighted by atomic mass is 31.2. The summed E-state index contributed by atoms with van der Waals surface area (Å²) in [5, 5.41) is 13.9. The fourth-order valence-electron chi connectivity index (χ4n) is 7.86. The summed E-state index contributed by atoms with van der Waals surface area (Å²) in [4.78, 5) is 25.4. The molecule has 0 aliphatic carbocycles. The quantitative estimate of drug-likeness (QED) is 0.0273. The van der Waals surface area contributed by atoms with Crippen molar-refractivity contribution < 1.29 is 32.9 Å². The Kier molecular flexibility index (Phi) is 42.9. The molecule has 0 aliphatic rings. The lowest BCUT2D eigenvalue weighted by Crippen LogP contribution is -2.45. The van der Waals surface area contributed by atoms with Gasteiger partial charge in [-0.05, 0) is 19.3 Å². The Morgan fingerprint density at radius 2 is 0.900 bits per heavy atom. The predicted molar refractivity (Wildman–Crippen MR) is 256 cm³/mol. The number of nitrogens with one attached hydrogen (secondary N) is 1. The predicted octanol–water partition coefficient (Wildman–Crippen LogP) is 14.5. The summed E-state index contributed by atoms with van der Waals surface area (Å²) in [5.41, 5.74) is 0. The molecule has 9 heteroatoms. The lowest BCUT2D eigenvalue weighted by atomic mass is 10.0. The second-order valence-corrected chi connectivity index (χ2v) is 20.7. The number of carbonyl (C=O) groups is 1. The van der Waals surface area contributed by atoms with Gasteiger partial charge in [-0.2, -0.15) is 0 Å². The molecule has 0 rings (SSSR count). The fraction of sp³-hybridized carbons (Fsp3) is 0.941. The second kappa shape index (κ2) is 43.5. The van der Waals surface area contributed by atoms with E-state index in [1.165, 1.54) is 199 Å². The molecule has 3 unspecified atom stereocenters. The summed E-state index contributed by atoms with van der Waals surface area (Å²) >= 11 is 0. The summed E-state index contributed by atoms with van der Waals surface area (Å²) in [6.45, 7) is 4.68. The number of hydrogen-bond acceptors (Lipinski definition) is 6. The van der Waals surface area contributed by atoms with Gasteiger partial charge in [0.25, 0.3) is 7.82 Å². The van der Waals surface area contributed by atoms with Crippen molar-refractivity contribution in [2.45, 2.75) is 270 Å². The van der Waals surface area contributed by atoms with E-state index in [0.29, 0.717) is 17.4 Å². The lowest BCUT2D eigenvalue weighted by molar-refractivity contribution is -0.870. The van der Waals surface area contributed by atoms with E-state index in [2.05, 4.69) is 19.2 Å². The number of phosphoric ester groups is 1. The van der Waals surface area contributed by atoms with Crippen LogP contribution in [0.15, 0.2) is 12.2 Å². The van der Waals surface area contributed by atoms with Crippen LogP contribution in [0.3, 0.4) is 0 Å². The smallest absolute Gasteiger partial charge is 0.268 e. The minimum Gasteiger partial charge on any atom is -0.756 e.